The number of rotatable bonds is 16. The highest BCUT2D eigenvalue weighted by atomic mass is 16.8. The summed E-state index contributed by atoms with van der Waals surface area (Å²) in [5, 5.41) is 98.3. The van der Waals surface area contributed by atoms with E-state index >= 15 is 0 Å². The Balaban J connectivity index is 0.835. The van der Waals surface area contributed by atoms with Gasteiger partial charge in [0.25, 0.3) is 0 Å². The van der Waals surface area contributed by atoms with E-state index in [2.05, 4.69) is 6.92 Å². The summed E-state index contributed by atoms with van der Waals surface area (Å²) in [5.41, 5.74) is -2.85. The average molecular weight is 1140 g/mol. The summed E-state index contributed by atoms with van der Waals surface area (Å²) in [6.07, 6.45) is -23.8. The van der Waals surface area contributed by atoms with Crippen LogP contribution in [0.25, 0.3) is 0 Å². The van der Waals surface area contributed by atoms with Gasteiger partial charge in [-0.2, -0.15) is 0 Å². The average Bonchev–Trinajstić information content (AvgIpc) is 3.81. The maximum atomic E-state index is 14.0. The van der Waals surface area contributed by atoms with Crippen LogP contribution < -0.4 is 0 Å². The molecule has 4 aliphatic carbocycles. The molecule has 0 bridgehead atoms. The highest BCUT2D eigenvalue weighted by molar-refractivity contribution is 5.89. The molecule has 9 N–H and O–H groups in total. The van der Waals surface area contributed by atoms with Gasteiger partial charge in [-0.1, -0.05) is 32.0 Å². The molecule has 4 aliphatic heterocycles. The van der Waals surface area contributed by atoms with Crippen molar-refractivity contribution in [1.82, 2.24) is 0 Å². The van der Waals surface area contributed by atoms with Gasteiger partial charge in [0.2, 0.25) is 0 Å². The number of Topliss-reactive ketones (excluding diaryl/α,β-unsaturated/α-hetero) is 1. The number of esters is 2. The minimum atomic E-state index is -1.86. The van der Waals surface area contributed by atoms with Crippen LogP contribution in [0.5, 0.6) is 0 Å². The van der Waals surface area contributed by atoms with Gasteiger partial charge >= 0.3 is 11.9 Å². The van der Waals surface area contributed by atoms with Crippen molar-refractivity contribution < 1.29 is 117 Å². The second-order valence-electron chi connectivity index (χ2n) is 24.0. The van der Waals surface area contributed by atoms with Crippen molar-refractivity contribution in [2.24, 2.45) is 34.5 Å². The quantitative estimate of drug-likeness (QED) is 0.0763. The van der Waals surface area contributed by atoms with E-state index < -0.39 is 182 Å². The number of fused-ring (bicyclic) bond motifs is 5. The van der Waals surface area contributed by atoms with Crippen LogP contribution >= 0.6 is 0 Å². The van der Waals surface area contributed by atoms with Crippen molar-refractivity contribution in [1.29, 1.82) is 0 Å². The van der Waals surface area contributed by atoms with E-state index in [1.807, 2.05) is 6.92 Å². The summed E-state index contributed by atoms with van der Waals surface area (Å²) in [7, 11) is 2.86. The third-order valence-corrected chi connectivity index (χ3v) is 19.7. The minimum Gasteiger partial charge on any atom is -0.458 e. The summed E-state index contributed by atoms with van der Waals surface area (Å²) in [6.45, 7) is 8.71. The topological polar surface area (TPSA) is 344 Å². The molecule has 1 aromatic carbocycles. The number of carbonyl (C=O) groups excluding carboxylic acids is 3. The second-order valence-corrected chi connectivity index (χ2v) is 24.0. The lowest BCUT2D eigenvalue weighted by Crippen LogP contribution is -2.73. The van der Waals surface area contributed by atoms with Gasteiger partial charge < -0.3 is 103 Å². The zero-order valence-electron chi connectivity index (χ0n) is 46.6. The predicted octanol–water partition coefficient (Wildman–Crippen LogP) is -0.223. The molecule has 0 aromatic heterocycles. The molecule has 4 saturated carbocycles. The largest absolute Gasteiger partial charge is 0.458 e. The lowest BCUT2D eigenvalue weighted by atomic mass is 9.41. The van der Waals surface area contributed by atoms with E-state index in [-0.39, 0.29) is 30.1 Å². The van der Waals surface area contributed by atoms with Gasteiger partial charge in [-0.25, -0.2) is 4.79 Å². The van der Waals surface area contributed by atoms with Crippen molar-refractivity contribution in [3.05, 3.63) is 35.9 Å². The molecule has 24 heteroatoms. The fourth-order valence-corrected chi connectivity index (χ4v) is 15.5. The Morgan fingerprint density at radius 2 is 1.25 bits per heavy atom. The minimum absolute atomic E-state index is 0.0397. The fraction of sp³-hybridized carbons (Fsp3) is 0.839. The van der Waals surface area contributed by atoms with Gasteiger partial charge in [0.05, 0.1) is 48.8 Å². The Kier molecular flexibility index (Phi) is 18.9. The first-order valence-corrected chi connectivity index (χ1v) is 28.2. The van der Waals surface area contributed by atoms with E-state index in [9.17, 15) is 60.3 Å². The number of ketones is 1. The maximum absolute atomic E-state index is 14.0. The highest BCUT2D eigenvalue weighted by Gasteiger charge is 2.76. The zero-order valence-corrected chi connectivity index (χ0v) is 46.6. The summed E-state index contributed by atoms with van der Waals surface area (Å²) in [4.78, 5) is 40.6. The predicted molar refractivity (Wildman–Crippen MR) is 271 cm³/mol. The van der Waals surface area contributed by atoms with Gasteiger partial charge in [-0.15, -0.1) is 0 Å². The number of hydrogen-bond acceptors (Lipinski definition) is 24. The standard InChI is InChI=1S/C56H84O24/c1-24(59)31-17-19-56(68)32-15-14-29-20-30(16-18-54(29,5)37(32)47(73-27(4)60)49(55(31,56)6)80-50(67)28-12-10-9-11-13-28)74-36-21-33(69-7)44(25(2)71-36)77-53-43(66)48(70-8)45(26(3)72-53)78-52-42(65)40(63)46(35(23-58)76-52)79-51-41(64)39(62)38(61)34(22-57)75-51/h9-13,25-26,29-49,51-53,57-58,61-66,68H,14-23H2,1-8H3/t25?,26?,29-,30-,31+,32+,33+,34?,35?,36-,37+,38+,39-,40+,41?,42?,43?,44+,45+,46+,47-,48+,49+,51-,52-,53-,54-,55-,56-/m0/s1. The normalized spacial score (nSPS) is 49.4. The van der Waals surface area contributed by atoms with Crippen LogP contribution in [0.4, 0.5) is 0 Å². The molecular weight excluding hydrogens is 1060 g/mol. The van der Waals surface area contributed by atoms with E-state index in [0.29, 0.717) is 44.1 Å². The van der Waals surface area contributed by atoms with E-state index in [1.165, 1.54) is 28.1 Å². The molecule has 8 fully saturated rings. The summed E-state index contributed by atoms with van der Waals surface area (Å²) in [5.74, 6) is -2.68. The maximum Gasteiger partial charge on any atom is 0.338 e. The molecule has 0 spiro atoms. The van der Waals surface area contributed by atoms with E-state index in [0.717, 1.165) is 6.42 Å². The number of carbonyl (C=O) groups is 3. The van der Waals surface area contributed by atoms with Crippen LogP contribution in [0.15, 0.2) is 30.3 Å². The lowest BCUT2D eigenvalue weighted by molar-refractivity contribution is -0.384. The Morgan fingerprint density at radius 3 is 1.89 bits per heavy atom. The molecule has 1 aromatic rings. The number of ether oxygens (including phenoxy) is 12. The number of methoxy groups -OCH3 is 2. The van der Waals surface area contributed by atoms with Crippen LogP contribution in [-0.2, 0) is 66.4 Å². The summed E-state index contributed by atoms with van der Waals surface area (Å²) < 4.78 is 73.5. The van der Waals surface area contributed by atoms with Crippen LogP contribution in [0.3, 0.4) is 0 Å². The van der Waals surface area contributed by atoms with Crippen LogP contribution in [-0.4, -0.2) is 232 Å². The van der Waals surface area contributed by atoms with Crippen molar-refractivity contribution in [3.8, 4) is 0 Å². The molecule has 7 unspecified atom stereocenters. The second kappa shape index (κ2) is 24.6. The molecule has 4 heterocycles. The van der Waals surface area contributed by atoms with Gasteiger partial charge in [0.15, 0.2) is 25.2 Å². The van der Waals surface area contributed by atoms with E-state index in [4.69, 9.17) is 56.8 Å². The Labute approximate surface area is 465 Å². The van der Waals surface area contributed by atoms with Crippen LogP contribution in [0.2, 0.25) is 0 Å². The molecule has 4 saturated heterocycles. The molecule has 0 amide bonds. The molecule has 9 rings (SSSR count). The third-order valence-electron chi connectivity index (χ3n) is 19.7. The van der Waals surface area contributed by atoms with Crippen molar-refractivity contribution >= 4 is 17.7 Å². The van der Waals surface area contributed by atoms with Crippen molar-refractivity contribution in [2.75, 3.05) is 27.4 Å². The fourth-order valence-electron chi connectivity index (χ4n) is 15.5. The van der Waals surface area contributed by atoms with Gasteiger partial charge in [-0.3, -0.25) is 9.59 Å². The first-order chi connectivity index (χ1) is 37.9. The molecule has 80 heavy (non-hydrogen) atoms. The third kappa shape index (κ3) is 11.0. The first kappa shape index (κ1) is 61.6. The molecule has 452 valence electrons. The molecule has 0 radical (unpaired) electrons. The molecule has 29 atom stereocenters. The summed E-state index contributed by atoms with van der Waals surface area (Å²) >= 11 is 0. The Morgan fingerprint density at radius 1 is 0.625 bits per heavy atom. The lowest BCUT2D eigenvalue weighted by Gasteiger charge is -2.66. The Hall–Kier alpha value is -2.93. The van der Waals surface area contributed by atoms with E-state index in [1.54, 1.807) is 44.2 Å². The highest BCUT2D eigenvalue weighted by Crippen LogP contribution is 2.70. The van der Waals surface area contributed by atoms with Crippen molar-refractivity contribution in [3.63, 3.8) is 0 Å². The van der Waals surface area contributed by atoms with Gasteiger partial charge in [0, 0.05) is 44.8 Å². The number of aliphatic hydroxyl groups excluding tert-OH is 8. The first-order valence-electron chi connectivity index (χ1n) is 28.2. The van der Waals surface area contributed by atoms with Crippen molar-refractivity contribution in [2.45, 2.75) is 234 Å². The van der Waals surface area contributed by atoms with Crippen LogP contribution in [0, 0.1) is 34.5 Å². The Bertz CT molecular complexity index is 2280. The number of benzene rings is 1. The van der Waals surface area contributed by atoms with Crippen LogP contribution in [0.1, 0.15) is 103 Å². The monoisotopic (exact) mass is 1140 g/mol. The van der Waals surface area contributed by atoms with Gasteiger partial charge in [0.1, 0.15) is 91.2 Å². The smallest absolute Gasteiger partial charge is 0.338 e. The number of aliphatic hydroxyl groups is 9. The molecule has 8 aliphatic rings. The molecular formula is C56H84O24. The van der Waals surface area contributed by atoms with Gasteiger partial charge in [-0.05, 0) is 95.1 Å². The summed E-state index contributed by atoms with van der Waals surface area (Å²) in [6, 6.07) is 8.52. The number of hydrogen-bond donors (Lipinski definition) is 9. The molecule has 24 nitrogen and oxygen atoms in total. The SMILES string of the molecule is CO[C@@H]1C(O)[C@H](O[C@@H]2C(C)O[C@@H](O[C@H]3CC[C@@]4(C)[C@@H](CC[C@@H]5[C@@H]4[C@H](OC(C)=O)[C@@H](OC(=O)c4ccccc4)[C@]4(C)[C@@H](C(C)=O)CC[C@]54O)C3)C[C@H]2OC)OC(C)[C@H]1O[C@@H]1OC(CO)[C@@H](O[C@@H]2OC(CO)[C@@H](O)[C@H](O)C2O)[C@H](O)C1O. The zero-order chi connectivity index (χ0) is 57.9.